The fourth-order valence-corrected chi connectivity index (χ4v) is 3.35. The molecule has 0 saturated carbocycles. The minimum absolute atomic E-state index is 0.257. The van der Waals surface area contributed by atoms with Gasteiger partial charge in [0.25, 0.3) is 5.56 Å². The first-order chi connectivity index (χ1) is 14.6. The molecule has 2 aromatic rings. The topological polar surface area (TPSA) is 75.3 Å². The Kier molecular flexibility index (Phi) is 5.34. The highest BCUT2D eigenvalue weighted by Gasteiger charge is 2.24. The van der Waals surface area contributed by atoms with Crippen molar-refractivity contribution in [3.8, 4) is 22.7 Å². The lowest BCUT2D eigenvalue weighted by atomic mass is 10.1. The molecule has 7 nitrogen and oxygen atoms in total. The van der Waals surface area contributed by atoms with Gasteiger partial charge in [-0.25, -0.2) is 4.79 Å². The standard InChI is InChI=1S/C23H21N3O4/c1-29-18-10-8-17(9-11-18)26-22(27)19-14-25(13-12-16-6-4-3-5-7-16)15-20(21(19)24-26)23(28)30-2/h3-11,14-15H,12-13H2,1-2H3. The van der Waals surface area contributed by atoms with Crippen LogP contribution in [0.1, 0.15) is 15.9 Å². The number of fused-ring (bicyclic) bond motifs is 1. The van der Waals surface area contributed by atoms with Crippen LogP contribution in [-0.4, -0.2) is 34.5 Å². The number of carbonyl (C=O) groups is 1. The number of aromatic nitrogens is 3. The van der Waals surface area contributed by atoms with Gasteiger partial charge in [0, 0.05) is 18.9 Å². The van der Waals surface area contributed by atoms with Crippen molar-refractivity contribution in [1.29, 1.82) is 0 Å². The van der Waals surface area contributed by atoms with Gasteiger partial charge < -0.3 is 14.0 Å². The number of aryl methyl sites for hydroxylation is 2. The van der Waals surface area contributed by atoms with E-state index in [1.807, 2.05) is 34.9 Å². The fourth-order valence-electron chi connectivity index (χ4n) is 3.35. The molecule has 152 valence electrons. The maximum absolute atomic E-state index is 13.1. The average molecular weight is 403 g/mol. The maximum Gasteiger partial charge on any atom is 0.341 e. The van der Waals surface area contributed by atoms with Crippen LogP contribution in [0.3, 0.4) is 0 Å². The van der Waals surface area contributed by atoms with E-state index in [-0.39, 0.29) is 11.1 Å². The Morgan fingerprint density at radius 1 is 1.00 bits per heavy atom. The monoisotopic (exact) mass is 403 g/mol. The number of methoxy groups -OCH3 is 2. The van der Waals surface area contributed by atoms with E-state index in [0.29, 0.717) is 29.2 Å². The van der Waals surface area contributed by atoms with Gasteiger partial charge in [0.2, 0.25) is 0 Å². The van der Waals surface area contributed by atoms with Gasteiger partial charge in [-0.15, -0.1) is 0 Å². The van der Waals surface area contributed by atoms with E-state index < -0.39 is 5.97 Å². The molecule has 0 aliphatic carbocycles. The summed E-state index contributed by atoms with van der Waals surface area (Å²) in [6, 6.07) is 17.0. The van der Waals surface area contributed by atoms with Crippen LogP contribution in [0.2, 0.25) is 0 Å². The van der Waals surface area contributed by atoms with Crippen LogP contribution in [0.5, 0.6) is 5.75 Å². The predicted molar refractivity (Wildman–Crippen MR) is 112 cm³/mol. The highest BCUT2D eigenvalue weighted by molar-refractivity contribution is 5.96. The number of hydrogen-bond acceptors (Lipinski definition) is 5. The lowest BCUT2D eigenvalue weighted by Crippen LogP contribution is -2.16. The molecule has 4 rings (SSSR count). The molecule has 2 aromatic carbocycles. The van der Waals surface area contributed by atoms with E-state index in [2.05, 4.69) is 5.10 Å². The highest BCUT2D eigenvalue weighted by Crippen LogP contribution is 2.24. The van der Waals surface area contributed by atoms with Gasteiger partial charge in [0.1, 0.15) is 17.0 Å². The summed E-state index contributed by atoms with van der Waals surface area (Å²) in [5, 5.41) is 4.42. The van der Waals surface area contributed by atoms with Gasteiger partial charge in [0.15, 0.2) is 0 Å². The summed E-state index contributed by atoms with van der Waals surface area (Å²) >= 11 is 0. The Labute approximate surface area is 173 Å². The molecule has 0 aromatic heterocycles. The number of rotatable bonds is 6. The third kappa shape index (κ3) is 3.69. The lowest BCUT2D eigenvalue weighted by molar-refractivity contribution is 0.0600. The van der Waals surface area contributed by atoms with Crippen molar-refractivity contribution in [1.82, 2.24) is 14.3 Å². The second-order valence-corrected chi connectivity index (χ2v) is 6.81. The zero-order chi connectivity index (χ0) is 21.1. The summed E-state index contributed by atoms with van der Waals surface area (Å²) in [6.07, 6.45) is 4.18. The van der Waals surface area contributed by atoms with Crippen LogP contribution >= 0.6 is 0 Å². The zero-order valence-electron chi connectivity index (χ0n) is 16.7. The number of ether oxygens (including phenoxy) is 2. The van der Waals surface area contributed by atoms with Crippen molar-refractivity contribution < 1.29 is 14.3 Å². The molecule has 2 aliphatic rings. The van der Waals surface area contributed by atoms with E-state index in [1.165, 1.54) is 17.4 Å². The molecule has 7 heteroatoms. The Hall–Kier alpha value is -3.87. The van der Waals surface area contributed by atoms with Gasteiger partial charge in [-0.3, -0.25) is 4.79 Å². The first-order valence-electron chi connectivity index (χ1n) is 9.50. The first-order valence-corrected chi connectivity index (χ1v) is 9.50. The quantitative estimate of drug-likeness (QED) is 0.462. The summed E-state index contributed by atoms with van der Waals surface area (Å²) in [7, 11) is 2.89. The largest absolute Gasteiger partial charge is 0.497 e. The maximum atomic E-state index is 13.1. The second kappa shape index (κ2) is 8.24. The van der Waals surface area contributed by atoms with Crippen LogP contribution in [0, 0.1) is 0 Å². The van der Waals surface area contributed by atoms with Gasteiger partial charge in [-0.2, -0.15) is 9.78 Å². The molecule has 0 atom stereocenters. The van der Waals surface area contributed by atoms with Gasteiger partial charge >= 0.3 is 5.97 Å². The van der Waals surface area contributed by atoms with Crippen LogP contribution in [-0.2, 0) is 17.7 Å². The molecule has 0 amide bonds. The molecule has 2 heterocycles. The van der Waals surface area contributed by atoms with Gasteiger partial charge in [-0.05, 0) is 36.2 Å². The van der Waals surface area contributed by atoms with Crippen molar-refractivity contribution in [3.05, 3.63) is 88.5 Å². The summed E-state index contributed by atoms with van der Waals surface area (Å²) in [4.78, 5) is 25.5. The molecule has 0 unspecified atom stereocenters. The Morgan fingerprint density at radius 3 is 2.40 bits per heavy atom. The molecule has 0 radical (unpaired) electrons. The Balaban J connectivity index is 1.78. The molecular weight excluding hydrogens is 382 g/mol. The third-order valence-corrected chi connectivity index (χ3v) is 4.95. The normalized spacial score (nSPS) is 10.9. The third-order valence-electron chi connectivity index (χ3n) is 4.95. The van der Waals surface area contributed by atoms with Crippen LogP contribution in [0.4, 0.5) is 0 Å². The van der Waals surface area contributed by atoms with E-state index in [9.17, 15) is 9.59 Å². The lowest BCUT2D eigenvalue weighted by Gasteiger charge is -2.11. The zero-order valence-corrected chi connectivity index (χ0v) is 16.7. The van der Waals surface area contributed by atoms with E-state index in [1.54, 1.807) is 43.8 Å². The van der Waals surface area contributed by atoms with Crippen LogP contribution in [0.25, 0.3) is 16.9 Å². The highest BCUT2D eigenvalue weighted by atomic mass is 16.5. The summed E-state index contributed by atoms with van der Waals surface area (Å²) in [5.74, 6) is 0.144. The number of benzene rings is 2. The van der Waals surface area contributed by atoms with E-state index >= 15 is 0 Å². The number of esters is 1. The minimum atomic E-state index is -0.534. The van der Waals surface area contributed by atoms with Gasteiger partial charge in [-0.1, -0.05) is 30.3 Å². The smallest absolute Gasteiger partial charge is 0.341 e. The number of pyridine rings is 1. The SMILES string of the molecule is COC(=O)c1cn(CCc2ccccc2)cc2c(=O)n(-c3ccc(OC)cc3)nc1-2. The minimum Gasteiger partial charge on any atom is -0.497 e. The van der Waals surface area contributed by atoms with E-state index in [0.717, 1.165) is 6.42 Å². The molecule has 0 N–H and O–H groups in total. The van der Waals surface area contributed by atoms with Crippen LogP contribution < -0.4 is 10.3 Å². The summed E-state index contributed by atoms with van der Waals surface area (Å²) in [5.41, 5.74) is 2.40. The molecule has 0 spiro atoms. The molecule has 0 bridgehead atoms. The van der Waals surface area contributed by atoms with Crippen molar-refractivity contribution in [2.75, 3.05) is 14.2 Å². The Bertz CT molecular complexity index is 1190. The van der Waals surface area contributed by atoms with E-state index in [4.69, 9.17) is 9.47 Å². The van der Waals surface area contributed by atoms with Crippen LogP contribution in [0.15, 0.2) is 71.8 Å². The molecule has 30 heavy (non-hydrogen) atoms. The fraction of sp³-hybridized carbons (Fsp3) is 0.174. The predicted octanol–water partition coefficient (Wildman–Crippen LogP) is 3.18. The van der Waals surface area contributed by atoms with Crippen molar-refractivity contribution in [2.45, 2.75) is 13.0 Å². The molecule has 0 saturated heterocycles. The number of hydrogen-bond donors (Lipinski definition) is 0. The van der Waals surface area contributed by atoms with Crippen molar-refractivity contribution in [3.63, 3.8) is 0 Å². The Morgan fingerprint density at radius 2 is 1.73 bits per heavy atom. The second-order valence-electron chi connectivity index (χ2n) is 6.81. The summed E-state index contributed by atoms with van der Waals surface area (Å²) < 4.78 is 13.2. The number of nitrogens with zero attached hydrogens (tertiary/aromatic N) is 3. The van der Waals surface area contributed by atoms with Crippen molar-refractivity contribution in [2.24, 2.45) is 0 Å². The van der Waals surface area contributed by atoms with Gasteiger partial charge in [0.05, 0.1) is 25.5 Å². The summed E-state index contributed by atoms with van der Waals surface area (Å²) in [6.45, 7) is 0.608. The van der Waals surface area contributed by atoms with Crippen molar-refractivity contribution >= 4 is 5.97 Å². The molecule has 2 aliphatic heterocycles. The first kappa shape index (κ1) is 19.4. The molecular formula is C23H21N3O4. The molecule has 0 fully saturated rings. The number of carbonyl (C=O) groups excluding carboxylic acids is 1. The average Bonchev–Trinajstić information content (AvgIpc) is 3.13.